The van der Waals surface area contributed by atoms with Gasteiger partial charge in [0.1, 0.15) is 11.8 Å². The summed E-state index contributed by atoms with van der Waals surface area (Å²) < 4.78 is 5.77. The fourth-order valence-electron chi connectivity index (χ4n) is 5.43. The molecule has 0 saturated carbocycles. The van der Waals surface area contributed by atoms with Gasteiger partial charge in [0.2, 0.25) is 5.91 Å². The lowest BCUT2D eigenvalue weighted by molar-refractivity contribution is -0.128. The van der Waals surface area contributed by atoms with Crippen LogP contribution < -0.4 is 4.74 Å². The van der Waals surface area contributed by atoms with E-state index in [9.17, 15) is 15.2 Å². The van der Waals surface area contributed by atoms with Gasteiger partial charge >= 0.3 is 0 Å². The van der Waals surface area contributed by atoms with Crippen LogP contribution in [-0.4, -0.2) is 41.7 Å². The maximum Gasteiger partial charge on any atom is 0.223 e. The van der Waals surface area contributed by atoms with E-state index in [1.807, 2.05) is 36.9 Å². The highest BCUT2D eigenvalue weighted by molar-refractivity contribution is 7.18. The van der Waals surface area contributed by atoms with Crippen LogP contribution in [0.15, 0.2) is 48.5 Å². The molecule has 34 heavy (non-hydrogen) atoms. The van der Waals surface area contributed by atoms with Gasteiger partial charge in [-0.15, -0.1) is 11.3 Å². The van der Waals surface area contributed by atoms with Crippen molar-refractivity contribution in [1.29, 1.82) is 5.26 Å². The first-order valence-corrected chi connectivity index (χ1v) is 12.6. The summed E-state index contributed by atoms with van der Waals surface area (Å²) in [6, 6.07) is 18.8. The normalized spacial score (nSPS) is 19.1. The Morgan fingerprint density at radius 2 is 2.03 bits per heavy atom. The molecular weight excluding hydrogens is 444 g/mol. The average molecular weight is 473 g/mol. The topological polar surface area (TPSA) is 73.6 Å². The molecule has 5 rings (SSSR count). The van der Waals surface area contributed by atoms with Gasteiger partial charge in [0.25, 0.3) is 0 Å². The zero-order valence-electron chi connectivity index (χ0n) is 19.5. The van der Waals surface area contributed by atoms with Crippen LogP contribution in [0.25, 0.3) is 20.9 Å². The Morgan fingerprint density at radius 1 is 1.21 bits per heavy atom. The molecule has 1 aliphatic heterocycles. The number of β-amino-alcohol motifs (C(OH)–C–C–N with tert-alkyl or cyclic N) is 1. The fraction of sp³-hybridized carbons (Fsp3) is 0.357. The van der Waals surface area contributed by atoms with E-state index in [0.717, 1.165) is 23.3 Å². The summed E-state index contributed by atoms with van der Waals surface area (Å²) in [5.41, 5.74) is 5.28. The van der Waals surface area contributed by atoms with Crippen molar-refractivity contribution in [1.82, 2.24) is 4.90 Å². The molecular formula is C28H28N2O3S. The summed E-state index contributed by atoms with van der Waals surface area (Å²) >= 11 is 1.72. The molecule has 1 unspecified atom stereocenters. The Morgan fingerprint density at radius 3 is 2.79 bits per heavy atom. The number of hydrogen-bond donors (Lipinski definition) is 1. The lowest BCUT2D eigenvalue weighted by Crippen LogP contribution is -2.32. The van der Waals surface area contributed by atoms with Crippen molar-refractivity contribution in [2.24, 2.45) is 0 Å². The largest absolute Gasteiger partial charge is 0.490 e. The molecule has 1 N–H and O–H groups in total. The summed E-state index contributed by atoms with van der Waals surface area (Å²) in [6.45, 7) is 5.02. The van der Waals surface area contributed by atoms with Gasteiger partial charge in [-0.3, -0.25) is 4.79 Å². The molecule has 2 aliphatic rings. The van der Waals surface area contributed by atoms with E-state index in [2.05, 4.69) is 36.4 Å². The smallest absolute Gasteiger partial charge is 0.223 e. The Bertz CT molecular complexity index is 1290. The summed E-state index contributed by atoms with van der Waals surface area (Å²) in [5, 5.41) is 18.9. The molecule has 1 amide bonds. The number of carbonyl (C=O) groups excluding carboxylic acids is 1. The van der Waals surface area contributed by atoms with Gasteiger partial charge in [-0.2, -0.15) is 5.26 Å². The molecule has 6 heteroatoms. The Balaban J connectivity index is 1.46. The predicted octanol–water partition coefficient (Wildman–Crippen LogP) is 5.15. The maximum atomic E-state index is 12.6. The minimum atomic E-state index is -0.133. The second kappa shape index (κ2) is 8.90. The highest BCUT2D eigenvalue weighted by atomic mass is 32.1. The number of aliphatic hydroxyl groups is 1. The average Bonchev–Trinajstić information content (AvgIpc) is 3.52. The zero-order valence-corrected chi connectivity index (χ0v) is 20.3. The van der Waals surface area contributed by atoms with Crippen LogP contribution in [0.2, 0.25) is 0 Å². The van der Waals surface area contributed by atoms with E-state index in [4.69, 9.17) is 4.74 Å². The van der Waals surface area contributed by atoms with E-state index in [0.29, 0.717) is 30.8 Å². The molecule has 1 saturated heterocycles. The standard InChI is InChI=1S/C28H28N2O3S/c1-18(2)33-24-7-6-19(14-20(24)16-29)25-8-9-26(34-25)22-4-3-5-23-21(22)10-11-28(23)15-27(32)30(17-28)12-13-31/h3-9,14,18,31H,10-13,15,17H2,1-2H3. The summed E-state index contributed by atoms with van der Waals surface area (Å²) in [4.78, 5) is 16.7. The molecule has 174 valence electrons. The molecule has 1 fully saturated rings. The maximum absolute atomic E-state index is 12.6. The van der Waals surface area contributed by atoms with Gasteiger partial charge < -0.3 is 14.7 Å². The number of hydrogen-bond acceptors (Lipinski definition) is 5. The van der Waals surface area contributed by atoms with E-state index < -0.39 is 0 Å². The molecule has 5 nitrogen and oxygen atoms in total. The van der Waals surface area contributed by atoms with Crippen LogP contribution in [0.3, 0.4) is 0 Å². The quantitative estimate of drug-likeness (QED) is 0.539. The number of carbonyl (C=O) groups is 1. The van der Waals surface area contributed by atoms with E-state index in [-0.39, 0.29) is 24.0 Å². The number of benzene rings is 2. The van der Waals surface area contributed by atoms with E-state index in [1.165, 1.54) is 21.6 Å². The third-order valence-electron chi connectivity index (χ3n) is 6.93. The fourth-order valence-corrected chi connectivity index (χ4v) is 6.49. The molecule has 3 aromatic rings. The molecule has 1 atom stereocenters. The molecule has 0 bridgehead atoms. The van der Waals surface area contributed by atoms with Gasteiger partial charge in [-0.1, -0.05) is 18.2 Å². The second-order valence-electron chi connectivity index (χ2n) is 9.48. The summed E-state index contributed by atoms with van der Waals surface area (Å²) in [7, 11) is 0. The lowest BCUT2D eigenvalue weighted by atomic mass is 9.80. The second-order valence-corrected chi connectivity index (χ2v) is 10.6. The first-order chi connectivity index (χ1) is 16.4. The highest BCUT2D eigenvalue weighted by Gasteiger charge is 2.48. The lowest BCUT2D eigenvalue weighted by Gasteiger charge is -2.25. The van der Waals surface area contributed by atoms with E-state index >= 15 is 0 Å². The zero-order chi connectivity index (χ0) is 23.9. The Hall–Kier alpha value is -3.14. The SMILES string of the molecule is CC(C)Oc1ccc(-c2ccc(-c3cccc4c3CCC43CC(=O)N(CCO)C3)s2)cc1C#N. The molecule has 1 spiro atoms. The first-order valence-electron chi connectivity index (χ1n) is 11.8. The van der Waals surface area contributed by atoms with Gasteiger partial charge in [-0.05, 0) is 79.3 Å². The van der Waals surface area contributed by atoms with Crippen LogP contribution in [0.4, 0.5) is 0 Å². The van der Waals surface area contributed by atoms with Crippen LogP contribution in [0.5, 0.6) is 5.75 Å². The Kier molecular flexibility index (Phi) is 5.93. The number of thiophene rings is 1. The van der Waals surface area contributed by atoms with Crippen molar-refractivity contribution in [3.8, 4) is 32.7 Å². The molecule has 2 heterocycles. The minimum Gasteiger partial charge on any atom is -0.490 e. The van der Waals surface area contributed by atoms with Crippen molar-refractivity contribution in [3.05, 3.63) is 65.2 Å². The number of amides is 1. The number of rotatable bonds is 6. The van der Waals surface area contributed by atoms with Crippen LogP contribution in [0, 0.1) is 11.3 Å². The van der Waals surface area contributed by atoms with Crippen molar-refractivity contribution in [2.75, 3.05) is 19.7 Å². The molecule has 1 aromatic heterocycles. The number of likely N-dealkylation sites (tertiary alicyclic amines) is 1. The number of aliphatic hydroxyl groups excluding tert-OH is 1. The Labute approximate surface area is 204 Å². The third-order valence-corrected chi connectivity index (χ3v) is 8.09. The molecule has 0 radical (unpaired) electrons. The van der Waals surface area contributed by atoms with Crippen molar-refractivity contribution < 1.29 is 14.6 Å². The van der Waals surface area contributed by atoms with Crippen molar-refractivity contribution in [3.63, 3.8) is 0 Å². The predicted molar refractivity (Wildman–Crippen MR) is 134 cm³/mol. The third kappa shape index (κ3) is 3.89. The number of nitriles is 1. The number of nitrogens with zero attached hydrogens (tertiary/aromatic N) is 2. The van der Waals surface area contributed by atoms with Gasteiger partial charge in [0.05, 0.1) is 18.3 Å². The molecule has 2 aromatic carbocycles. The monoisotopic (exact) mass is 472 g/mol. The summed E-state index contributed by atoms with van der Waals surface area (Å²) in [5.74, 6) is 0.759. The van der Waals surface area contributed by atoms with E-state index in [1.54, 1.807) is 11.3 Å². The van der Waals surface area contributed by atoms with Gasteiger partial charge in [0, 0.05) is 34.7 Å². The summed E-state index contributed by atoms with van der Waals surface area (Å²) in [6.07, 6.45) is 2.47. The van der Waals surface area contributed by atoms with Crippen LogP contribution >= 0.6 is 11.3 Å². The molecule has 1 aliphatic carbocycles. The van der Waals surface area contributed by atoms with Gasteiger partial charge in [-0.25, -0.2) is 0 Å². The van der Waals surface area contributed by atoms with Crippen molar-refractivity contribution in [2.45, 2.75) is 44.6 Å². The number of ether oxygens (including phenoxy) is 1. The van der Waals surface area contributed by atoms with Crippen LogP contribution in [-0.2, 0) is 16.6 Å². The number of fused-ring (bicyclic) bond motifs is 2. The van der Waals surface area contributed by atoms with Crippen LogP contribution in [0.1, 0.15) is 43.4 Å². The first kappa shape index (κ1) is 22.6. The van der Waals surface area contributed by atoms with Gasteiger partial charge in [0.15, 0.2) is 0 Å². The van der Waals surface area contributed by atoms with Crippen molar-refractivity contribution >= 4 is 17.2 Å². The minimum absolute atomic E-state index is 0.00474. The highest BCUT2D eigenvalue weighted by Crippen LogP contribution is 2.49.